The molecule has 1 saturated heterocycles. The molecule has 0 amide bonds. The summed E-state index contributed by atoms with van der Waals surface area (Å²) in [5.41, 5.74) is 0.938. The van der Waals surface area contributed by atoms with Crippen LogP contribution in [0.25, 0.3) is 0 Å². The Morgan fingerprint density at radius 2 is 2.00 bits per heavy atom. The molecule has 1 N–H and O–H groups in total. The Hall–Kier alpha value is -1.16. The molecule has 2 aliphatic rings. The van der Waals surface area contributed by atoms with Crippen LogP contribution in [0.5, 0.6) is 0 Å². The number of hydrogen-bond donors (Lipinski definition) is 1. The molecule has 1 unspecified atom stereocenters. The lowest BCUT2D eigenvalue weighted by atomic mass is 9.96. The van der Waals surface area contributed by atoms with Gasteiger partial charge in [0.2, 0.25) is 0 Å². The lowest BCUT2D eigenvalue weighted by molar-refractivity contribution is -0.121. The van der Waals surface area contributed by atoms with Crippen molar-refractivity contribution in [1.29, 1.82) is 0 Å². The molecule has 1 aliphatic heterocycles. The number of carbonyl (C=O) groups is 1. The molecule has 0 bridgehead atoms. The van der Waals surface area contributed by atoms with Gasteiger partial charge in [-0.2, -0.15) is 5.10 Å². The van der Waals surface area contributed by atoms with E-state index in [4.69, 9.17) is 0 Å². The molecule has 2 heterocycles. The van der Waals surface area contributed by atoms with E-state index in [1.807, 2.05) is 6.07 Å². The molecule has 20 heavy (non-hydrogen) atoms. The van der Waals surface area contributed by atoms with Crippen LogP contribution in [0.1, 0.15) is 63.1 Å². The summed E-state index contributed by atoms with van der Waals surface area (Å²) < 4.78 is 2.09. The highest BCUT2D eigenvalue weighted by Crippen LogP contribution is 2.27. The summed E-state index contributed by atoms with van der Waals surface area (Å²) in [7, 11) is 0. The lowest BCUT2D eigenvalue weighted by Gasteiger charge is -2.22. The first-order valence-electron chi connectivity index (χ1n) is 8.13. The molecule has 1 atom stereocenters. The number of nitrogens with zero attached hydrogens (tertiary/aromatic N) is 2. The van der Waals surface area contributed by atoms with Crippen molar-refractivity contribution in [2.45, 2.75) is 69.9 Å². The van der Waals surface area contributed by atoms with Gasteiger partial charge in [-0.3, -0.25) is 9.48 Å². The predicted molar refractivity (Wildman–Crippen MR) is 78.7 cm³/mol. The zero-order chi connectivity index (χ0) is 13.8. The Balaban J connectivity index is 1.57. The van der Waals surface area contributed by atoms with Gasteiger partial charge < -0.3 is 5.32 Å². The Kier molecular flexibility index (Phi) is 4.51. The molecule has 0 aromatic carbocycles. The summed E-state index contributed by atoms with van der Waals surface area (Å²) in [5, 5.41) is 7.96. The van der Waals surface area contributed by atoms with E-state index >= 15 is 0 Å². The Morgan fingerprint density at radius 3 is 2.75 bits per heavy atom. The van der Waals surface area contributed by atoms with E-state index in [0.29, 0.717) is 18.2 Å². The van der Waals surface area contributed by atoms with Crippen molar-refractivity contribution in [2.24, 2.45) is 0 Å². The summed E-state index contributed by atoms with van der Waals surface area (Å²) in [5.74, 6) is 0.304. The molecule has 1 aliphatic carbocycles. The van der Waals surface area contributed by atoms with Crippen LogP contribution in [0.4, 0.5) is 0 Å². The molecule has 4 nitrogen and oxygen atoms in total. The fraction of sp³-hybridized carbons (Fsp3) is 0.750. The van der Waals surface area contributed by atoms with E-state index in [0.717, 1.165) is 18.7 Å². The smallest absolute Gasteiger partial charge is 0.155 e. The van der Waals surface area contributed by atoms with Gasteiger partial charge in [0.15, 0.2) is 5.78 Å². The highest BCUT2D eigenvalue weighted by Gasteiger charge is 2.22. The standard InChI is InChI=1S/C16H25N3O/c20-16(15-8-4-5-10-17-15)12-13-9-11-19(18-13)14-6-2-1-3-7-14/h9,11,14-15,17H,1-8,10,12H2. The van der Waals surface area contributed by atoms with Crippen molar-refractivity contribution in [3.8, 4) is 0 Å². The van der Waals surface area contributed by atoms with Gasteiger partial charge >= 0.3 is 0 Å². The average Bonchev–Trinajstić information content (AvgIpc) is 2.97. The maximum absolute atomic E-state index is 12.2. The number of carbonyl (C=O) groups excluding carboxylic acids is 1. The van der Waals surface area contributed by atoms with Gasteiger partial charge in [0, 0.05) is 6.20 Å². The van der Waals surface area contributed by atoms with Crippen molar-refractivity contribution < 1.29 is 4.79 Å². The van der Waals surface area contributed by atoms with Crippen LogP contribution in [0.3, 0.4) is 0 Å². The predicted octanol–water partition coefficient (Wildman–Crippen LogP) is 2.64. The van der Waals surface area contributed by atoms with Gasteiger partial charge in [0.05, 0.1) is 24.2 Å². The molecule has 1 saturated carbocycles. The minimum absolute atomic E-state index is 0.0589. The van der Waals surface area contributed by atoms with Crippen molar-refractivity contribution in [2.75, 3.05) is 6.54 Å². The molecular formula is C16H25N3O. The number of hydrogen-bond acceptors (Lipinski definition) is 3. The van der Waals surface area contributed by atoms with Crippen molar-refractivity contribution in [3.05, 3.63) is 18.0 Å². The minimum Gasteiger partial charge on any atom is -0.307 e. The fourth-order valence-corrected chi connectivity index (χ4v) is 3.45. The summed E-state index contributed by atoms with van der Waals surface area (Å²) in [6.07, 6.45) is 12.3. The van der Waals surface area contributed by atoms with Crippen LogP contribution >= 0.6 is 0 Å². The van der Waals surface area contributed by atoms with Crippen LogP contribution in [0, 0.1) is 0 Å². The van der Waals surface area contributed by atoms with Crippen LogP contribution in [-0.4, -0.2) is 28.2 Å². The van der Waals surface area contributed by atoms with Crippen LogP contribution in [-0.2, 0) is 11.2 Å². The Morgan fingerprint density at radius 1 is 1.20 bits per heavy atom. The van der Waals surface area contributed by atoms with Gasteiger partial charge in [-0.1, -0.05) is 25.7 Å². The number of aromatic nitrogens is 2. The first-order valence-corrected chi connectivity index (χ1v) is 8.13. The zero-order valence-corrected chi connectivity index (χ0v) is 12.2. The van der Waals surface area contributed by atoms with E-state index in [2.05, 4.69) is 21.3 Å². The number of Topliss-reactive ketones (excluding diaryl/α,β-unsaturated/α-hetero) is 1. The molecule has 3 rings (SSSR count). The summed E-state index contributed by atoms with van der Waals surface area (Å²) in [6.45, 7) is 0.979. The van der Waals surface area contributed by atoms with Crippen molar-refractivity contribution in [1.82, 2.24) is 15.1 Å². The second kappa shape index (κ2) is 6.53. The number of nitrogens with one attached hydrogen (secondary N) is 1. The number of piperidine rings is 1. The highest BCUT2D eigenvalue weighted by molar-refractivity contribution is 5.85. The molecule has 2 fully saturated rings. The molecule has 4 heteroatoms. The maximum Gasteiger partial charge on any atom is 0.155 e. The minimum atomic E-state index is 0.0589. The van der Waals surface area contributed by atoms with E-state index in [-0.39, 0.29) is 6.04 Å². The quantitative estimate of drug-likeness (QED) is 0.919. The van der Waals surface area contributed by atoms with Crippen LogP contribution < -0.4 is 5.32 Å². The average molecular weight is 275 g/mol. The highest BCUT2D eigenvalue weighted by atomic mass is 16.1. The van der Waals surface area contributed by atoms with Crippen LogP contribution in [0.2, 0.25) is 0 Å². The van der Waals surface area contributed by atoms with Crippen LogP contribution in [0.15, 0.2) is 12.3 Å². The van der Waals surface area contributed by atoms with Gasteiger partial charge in [0.1, 0.15) is 0 Å². The van der Waals surface area contributed by atoms with E-state index in [1.54, 1.807) is 0 Å². The summed E-state index contributed by atoms with van der Waals surface area (Å²) in [4.78, 5) is 12.2. The van der Waals surface area contributed by atoms with E-state index in [9.17, 15) is 4.79 Å². The van der Waals surface area contributed by atoms with Crippen molar-refractivity contribution in [3.63, 3.8) is 0 Å². The third-order valence-electron chi connectivity index (χ3n) is 4.67. The molecule has 1 aromatic heterocycles. The Bertz CT molecular complexity index is 442. The van der Waals surface area contributed by atoms with E-state index < -0.39 is 0 Å². The lowest BCUT2D eigenvalue weighted by Crippen LogP contribution is -2.41. The second-order valence-electron chi connectivity index (χ2n) is 6.22. The zero-order valence-electron chi connectivity index (χ0n) is 12.2. The van der Waals surface area contributed by atoms with Gasteiger partial charge in [-0.25, -0.2) is 0 Å². The third-order valence-corrected chi connectivity index (χ3v) is 4.67. The number of rotatable bonds is 4. The normalized spacial score (nSPS) is 24.7. The van der Waals surface area contributed by atoms with Gasteiger partial charge in [-0.15, -0.1) is 0 Å². The van der Waals surface area contributed by atoms with Gasteiger partial charge in [0.25, 0.3) is 0 Å². The Labute approximate surface area is 120 Å². The second-order valence-corrected chi connectivity index (χ2v) is 6.22. The molecule has 0 radical (unpaired) electrons. The van der Waals surface area contributed by atoms with Crippen molar-refractivity contribution >= 4 is 5.78 Å². The molecule has 0 spiro atoms. The topological polar surface area (TPSA) is 46.9 Å². The molecular weight excluding hydrogens is 250 g/mol. The van der Waals surface area contributed by atoms with Gasteiger partial charge in [-0.05, 0) is 38.3 Å². The fourth-order valence-electron chi connectivity index (χ4n) is 3.45. The maximum atomic E-state index is 12.2. The largest absolute Gasteiger partial charge is 0.307 e. The molecule has 1 aromatic rings. The monoisotopic (exact) mass is 275 g/mol. The first-order chi connectivity index (χ1) is 9.83. The summed E-state index contributed by atoms with van der Waals surface area (Å²) in [6, 6.07) is 2.64. The third kappa shape index (κ3) is 3.29. The SMILES string of the molecule is O=C(Cc1ccn(C2CCCCC2)n1)C1CCCCN1. The summed E-state index contributed by atoms with van der Waals surface area (Å²) >= 11 is 0. The number of ketones is 1. The molecule has 110 valence electrons. The van der Waals surface area contributed by atoms with E-state index in [1.165, 1.54) is 44.9 Å². The first kappa shape index (κ1) is 13.8.